The Bertz CT molecular complexity index is 693. The number of pyridine rings is 1. The quantitative estimate of drug-likeness (QED) is 0.711. The lowest BCUT2D eigenvalue weighted by molar-refractivity contribution is 0.102. The molecule has 1 amide bonds. The number of hydrogen-bond acceptors (Lipinski definition) is 5. The number of halogens is 1. The summed E-state index contributed by atoms with van der Waals surface area (Å²) in [4.78, 5) is 16.5. The van der Waals surface area contributed by atoms with E-state index in [-0.39, 0.29) is 5.91 Å². The van der Waals surface area contributed by atoms with Gasteiger partial charge in [0, 0.05) is 5.56 Å². The molecule has 0 spiro atoms. The minimum absolute atomic E-state index is 0.311. The number of aromatic nitrogens is 1. The molecule has 1 aromatic carbocycles. The Balaban J connectivity index is 2.34. The molecule has 0 saturated heterocycles. The highest BCUT2D eigenvalue weighted by molar-refractivity contribution is 6.29. The molecular weight excluding hydrogens is 344 g/mol. The van der Waals surface area contributed by atoms with E-state index in [0.717, 1.165) is 0 Å². The molecule has 2 rings (SSSR count). The number of carbonyl (C=O) groups is 1. The molecule has 1 N–H and O–H groups in total. The van der Waals surface area contributed by atoms with Crippen LogP contribution in [0, 0.1) is 0 Å². The first-order chi connectivity index (χ1) is 12.1. The van der Waals surface area contributed by atoms with Crippen molar-refractivity contribution >= 4 is 23.2 Å². The molecule has 0 atom stereocenters. The molecule has 7 heteroatoms. The molecule has 2 aromatic rings. The molecule has 0 bridgehead atoms. The lowest BCUT2D eigenvalue weighted by Gasteiger charge is -2.17. The second-order valence-electron chi connectivity index (χ2n) is 4.92. The van der Waals surface area contributed by atoms with E-state index in [1.165, 1.54) is 6.20 Å². The lowest BCUT2D eigenvalue weighted by Crippen LogP contribution is -2.13. The third-order valence-electron chi connectivity index (χ3n) is 3.16. The fraction of sp³-hybridized carbons (Fsp3) is 0.333. The summed E-state index contributed by atoms with van der Waals surface area (Å²) < 4.78 is 16.9. The number of nitrogens with zero attached hydrogens (tertiary/aromatic N) is 1. The van der Waals surface area contributed by atoms with Gasteiger partial charge in [-0.1, -0.05) is 11.6 Å². The van der Waals surface area contributed by atoms with Crippen molar-refractivity contribution in [1.82, 2.24) is 4.98 Å². The van der Waals surface area contributed by atoms with Gasteiger partial charge in [-0.05, 0) is 45.0 Å². The molecule has 0 aliphatic heterocycles. The summed E-state index contributed by atoms with van der Waals surface area (Å²) >= 11 is 5.75. The minimum atomic E-state index is -0.311. The molecule has 0 unspecified atom stereocenters. The van der Waals surface area contributed by atoms with E-state index in [4.69, 9.17) is 25.8 Å². The van der Waals surface area contributed by atoms with Crippen LogP contribution >= 0.6 is 11.6 Å². The van der Waals surface area contributed by atoms with Crippen molar-refractivity contribution in [2.75, 3.05) is 25.1 Å². The second-order valence-corrected chi connectivity index (χ2v) is 5.31. The van der Waals surface area contributed by atoms with Crippen molar-refractivity contribution in [2.45, 2.75) is 20.8 Å². The van der Waals surface area contributed by atoms with Crippen LogP contribution in [-0.4, -0.2) is 30.7 Å². The van der Waals surface area contributed by atoms with Gasteiger partial charge in [0.15, 0.2) is 11.5 Å². The van der Waals surface area contributed by atoms with Crippen LogP contribution in [0.2, 0.25) is 5.15 Å². The number of nitrogens with one attached hydrogen (secondary N) is 1. The highest BCUT2D eigenvalue weighted by atomic mass is 35.5. The van der Waals surface area contributed by atoms with Gasteiger partial charge >= 0.3 is 0 Å². The summed E-state index contributed by atoms with van der Waals surface area (Å²) in [5, 5.41) is 3.12. The summed E-state index contributed by atoms with van der Waals surface area (Å²) in [6.07, 6.45) is 1.49. The molecule has 0 fully saturated rings. The highest BCUT2D eigenvalue weighted by Crippen LogP contribution is 2.39. The van der Waals surface area contributed by atoms with E-state index >= 15 is 0 Å². The van der Waals surface area contributed by atoms with Crippen LogP contribution in [0.5, 0.6) is 17.2 Å². The van der Waals surface area contributed by atoms with Gasteiger partial charge in [-0.3, -0.25) is 4.79 Å². The lowest BCUT2D eigenvalue weighted by atomic mass is 10.1. The minimum Gasteiger partial charge on any atom is -0.490 e. The molecule has 0 aliphatic rings. The van der Waals surface area contributed by atoms with E-state index in [9.17, 15) is 4.79 Å². The Hall–Kier alpha value is -2.47. The van der Waals surface area contributed by atoms with E-state index in [0.29, 0.717) is 53.5 Å². The maximum atomic E-state index is 12.6. The van der Waals surface area contributed by atoms with Gasteiger partial charge in [0.05, 0.1) is 31.7 Å². The number of hydrogen-bond donors (Lipinski definition) is 1. The molecule has 134 valence electrons. The van der Waals surface area contributed by atoms with Gasteiger partial charge in [0.1, 0.15) is 5.15 Å². The smallest absolute Gasteiger partial charge is 0.255 e. The normalized spacial score (nSPS) is 10.2. The van der Waals surface area contributed by atoms with Gasteiger partial charge < -0.3 is 19.5 Å². The molecule has 1 aromatic heterocycles. The SMILES string of the molecule is CCOc1cc(C(=O)Nc2ccc(Cl)nc2)cc(OCC)c1OCC. The third-order valence-corrected chi connectivity index (χ3v) is 3.38. The van der Waals surface area contributed by atoms with Gasteiger partial charge in [-0.15, -0.1) is 0 Å². The summed E-state index contributed by atoms with van der Waals surface area (Å²) in [7, 11) is 0. The molecule has 6 nitrogen and oxygen atoms in total. The van der Waals surface area contributed by atoms with Crippen molar-refractivity contribution in [2.24, 2.45) is 0 Å². The van der Waals surface area contributed by atoms with Gasteiger partial charge in [-0.2, -0.15) is 0 Å². The zero-order valence-electron chi connectivity index (χ0n) is 14.5. The zero-order valence-corrected chi connectivity index (χ0v) is 15.2. The van der Waals surface area contributed by atoms with Gasteiger partial charge in [0.25, 0.3) is 5.91 Å². The first-order valence-corrected chi connectivity index (χ1v) is 8.46. The average molecular weight is 365 g/mol. The number of ether oxygens (including phenoxy) is 3. The van der Waals surface area contributed by atoms with Crippen LogP contribution in [-0.2, 0) is 0 Å². The number of rotatable bonds is 8. The summed E-state index contributed by atoms with van der Waals surface area (Å²) in [5.74, 6) is 1.12. The maximum absolute atomic E-state index is 12.6. The van der Waals surface area contributed by atoms with E-state index < -0.39 is 0 Å². The Morgan fingerprint density at radius 1 is 1.04 bits per heavy atom. The first kappa shape index (κ1) is 18.9. The summed E-state index contributed by atoms with van der Waals surface area (Å²) in [5.41, 5.74) is 0.935. The fourth-order valence-corrected chi connectivity index (χ4v) is 2.28. The van der Waals surface area contributed by atoms with E-state index in [1.807, 2.05) is 20.8 Å². The van der Waals surface area contributed by atoms with E-state index in [2.05, 4.69) is 10.3 Å². The van der Waals surface area contributed by atoms with Crippen molar-refractivity contribution in [1.29, 1.82) is 0 Å². The molecule has 0 aliphatic carbocycles. The number of amides is 1. The third kappa shape index (κ3) is 5.00. The van der Waals surface area contributed by atoms with Crippen molar-refractivity contribution in [3.05, 3.63) is 41.2 Å². The highest BCUT2D eigenvalue weighted by Gasteiger charge is 2.18. The van der Waals surface area contributed by atoms with Crippen molar-refractivity contribution in [3.8, 4) is 17.2 Å². The Kier molecular flexibility index (Phi) is 6.89. The Morgan fingerprint density at radius 3 is 2.12 bits per heavy atom. The summed E-state index contributed by atoms with van der Waals surface area (Å²) in [6.45, 7) is 6.95. The molecule has 1 heterocycles. The zero-order chi connectivity index (χ0) is 18.2. The van der Waals surface area contributed by atoms with Crippen LogP contribution in [0.25, 0.3) is 0 Å². The van der Waals surface area contributed by atoms with Crippen molar-refractivity contribution in [3.63, 3.8) is 0 Å². The van der Waals surface area contributed by atoms with Crippen molar-refractivity contribution < 1.29 is 19.0 Å². The molecular formula is C18H21ClN2O4. The van der Waals surface area contributed by atoms with Crippen LogP contribution in [0.15, 0.2) is 30.5 Å². The van der Waals surface area contributed by atoms with E-state index in [1.54, 1.807) is 24.3 Å². The predicted molar refractivity (Wildman–Crippen MR) is 97.1 cm³/mol. The fourth-order valence-electron chi connectivity index (χ4n) is 2.17. The largest absolute Gasteiger partial charge is 0.490 e. The first-order valence-electron chi connectivity index (χ1n) is 8.08. The van der Waals surface area contributed by atoms with Crippen LogP contribution in [0.3, 0.4) is 0 Å². The standard InChI is InChI=1S/C18H21ClN2O4/c1-4-23-14-9-12(10-15(24-5-2)17(14)25-6-3)18(22)21-13-7-8-16(19)20-11-13/h7-11H,4-6H2,1-3H3,(H,21,22). The predicted octanol–water partition coefficient (Wildman–Crippen LogP) is 4.18. The van der Waals surface area contributed by atoms with Gasteiger partial charge in [-0.25, -0.2) is 4.98 Å². The topological polar surface area (TPSA) is 69.7 Å². The Labute approximate surface area is 152 Å². The summed E-state index contributed by atoms with van der Waals surface area (Å²) in [6, 6.07) is 6.55. The Morgan fingerprint density at radius 2 is 1.64 bits per heavy atom. The van der Waals surface area contributed by atoms with Crippen LogP contribution in [0.1, 0.15) is 31.1 Å². The number of anilines is 1. The van der Waals surface area contributed by atoms with Gasteiger partial charge in [0.2, 0.25) is 5.75 Å². The molecule has 25 heavy (non-hydrogen) atoms. The number of benzene rings is 1. The molecule has 0 radical (unpaired) electrons. The maximum Gasteiger partial charge on any atom is 0.255 e. The average Bonchev–Trinajstić information content (AvgIpc) is 2.60. The number of carbonyl (C=O) groups excluding carboxylic acids is 1. The monoisotopic (exact) mass is 364 g/mol. The molecule has 0 saturated carbocycles. The second kappa shape index (κ2) is 9.13. The van der Waals surface area contributed by atoms with Crippen LogP contribution < -0.4 is 19.5 Å². The van der Waals surface area contributed by atoms with Crippen LogP contribution in [0.4, 0.5) is 5.69 Å².